The number of rotatable bonds is 2. The van der Waals surface area contributed by atoms with E-state index in [0.29, 0.717) is 17.9 Å². The van der Waals surface area contributed by atoms with Gasteiger partial charge in [-0.3, -0.25) is 0 Å². The Labute approximate surface area is 153 Å². The lowest BCUT2D eigenvalue weighted by Gasteiger charge is -2.27. The maximum atomic E-state index is 6.14. The van der Waals surface area contributed by atoms with E-state index in [9.17, 15) is 0 Å². The molecule has 2 aliphatic rings. The SMILES string of the molecule is I.NC(=N[C@@H]1C[C@H]1c1ccc2ccccc2c1)N1CCOCC1. The summed E-state index contributed by atoms with van der Waals surface area (Å²) < 4.78 is 5.35. The molecule has 0 amide bonds. The number of fused-ring (bicyclic) bond motifs is 1. The fraction of sp³-hybridized carbons (Fsp3) is 0.389. The molecule has 0 unspecified atom stereocenters. The molecule has 1 aliphatic carbocycles. The molecule has 2 aromatic rings. The topological polar surface area (TPSA) is 50.8 Å². The summed E-state index contributed by atoms with van der Waals surface area (Å²) >= 11 is 0. The van der Waals surface area contributed by atoms with E-state index in [1.165, 1.54) is 16.3 Å². The Bertz CT molecular complexity index is 712. The van der Waals surface area contributed by atoms with Crippen molar-refractivity contribution in [1.29, 1.82) is 0 Å². The van der Waals surface area contributed by atoms with Gasteiger partial charge < -0.3 is 15.4 Å². The highest BCUT2D eigenvalue weighted by atomic mass is 127. The molecule has 0 spiro atoms. The number of aliphatic imine (C=N–C) groups is 1. The fourth-order valence-electron chi connectivity index (χ4n) is 3.16. The maximum absolute atomic E-state index is 6.14. The summed E-state index contributed by atoms with van der Waals surface area (Å²) in [6.45, 7) is 3.19. The molecule has 0 aromatic heterocycles. The minimum atomic E-state index is 0. The van der Waals surface area contributed by atoms with Gasteiger partial charge in [-0.2, -0.15) is 0 Å². The number of hydrogen-bond donors (Lipinski definition) is 1. The quantitative estimate of drug-likeness (QED) is 0.459. The van der Waals surface area contributed by atoms with E-state index in [2.05, 4.69) is 47.4 Å². The Morgan fingerprint density at radius 3 is 2.61 bits per heavy atom. The van der Waals surface area contributed by atoms with Crippen LogP contribution in [0.15, 0.2) is 47.5 Å². The first-order valence-electron chi connectivity index (χ1n) is 7.96. The zero-order chi connectivity index (χ0) is 14.9. The number of ether oxygens (including phenoxy) is 1. The molecule has 1 saturated heterocycles. The number of nitrogens with two attached hydrogens (primary N) is 1. The number of hydrogen-bond acceptors (Lipinski definition) is 2. The van der Waals surface area contributed by atoms with E-state index in [1.54, 1.807) is 0 Å². The minimum absolute atomic E-state index is 0. The van der Waals surface area contributed by atoms with Gasteiger partial charge in [-0.1, -0.05) is 42.5 Å². The molecule has 1 heterocycles. The Balaban J connectivity index is 0.00000156. The van der Waals surface area contributed by atoms with Crippen LogP contribution in [0, 0.1) is 0 Å². The average Bonchev–Trinajstić information content (AvgIpc) is 3.34. The highest BCUT2D eigenvalue weighted by molar-refractivity contribution is 14.0. The monoisotopic (exact) mass is 423 g/mol. The van der Waals surface area contributed by atoms with E-state index in [0.717, 1.165) is 32.7 Å². The van der Waals surface area contributed by atoms with Crippen molar-refractivity contribution in [1.82, 2.24) is 4.90 Å². The van der Waals surface area contributed by atoms with E-state index >= 15 is 0 Å². The first kappa shape index (κ1) is 16.5. The minimum Gasteiger partial charge on any atom is -0.378 e. The van der Waals surface area contributed by atoms with Crippen molar-refractivity contribution in [3.8, 4) is 0 Å². The Morgan fingerprint density at radius 2 is 1.83 bits per heavy atom. The van der Waals surface area contributed by atoms with Crippen molar-refractivity contribution in [2.45, 2.75) is 18.4 Å². The van der Waals surface area contributed by atoms with Crippen molar-refractivity contribution < 1.29 is 4.74 Å². The molecule has 0 radical (unpaired) electrons. The summed E-state index contributed by atoms with van der Waals surface area (Å²) in [5.74, 6) is 1.20. The predicted molar refractivity (Wildman–Crippen MR) is 105 cm³/mol. The lowest BCUT2D eigenvalue weighted by molar-refractivity contribution is 0.0674. The fourth-order valence-corrected chi connectivity index (χ4v) is 3.16. The number of morpholine rings is 1. The average molecular weight is 423 g/mol. The van der Waals surface area contributed by atoms with Crippen LogP contribution in [-0.2, 0) is 4.74 Å². The van der Waals surface area contributed by atoms with Crippen LogP contribution >= 0.6 is 24.0 Å². The van der Waals surface area contributed by atoms with Crippen molar-refractivity contribution in [3.63, 3.8) is 0 Å². The molecular weight excluding hydrogens is 401 g/mol. The van der Waals surface area contributed by atoms with Crippen LogP contribution in [0.5, 0.6) is 0 Å². The van der Waals surface area contributed by atoms with Crippen LogP contribution in [0.2, 0.25) is 0 Å². The van der Waals surface area contributed by atoms with Gasteiger partial charge >= 0.3 is 0 Å². The number of guanidine groups is 1. The van der Waals surface area contributed by atoms with Crippen LogP contribution in [-0.4, -0.2) is 43.2 Å². The van der Waals surface area contributed by atoms with E-state index in [-0.39, 0.29) is 24.0 Å². The molecule has 2 atom stereocenters. The summed E-state index contributed by atoms with van der Waals surface area (Å²) in [6.07, 6.45) is 1.10. The van der Waals surface area contributed by atoms with E-state index < -0.39 is 0 Å². The molecular formula is C18H22IN3O. The first-order valence-corrected chi connectivity index (χ1v) is 7.96. The van der Waals surface area contributed by atoms with Gasteiger partial charge in [0, 0.05) is 19.0 Å². The summed E-state index contributed by atoms with van der Waals surface area (Å²) in [5.41, 5.74) is 7.52. The van der Waals surface area contributed by atoms with Crippen LogP contribution < -0.4 is 5.73 Å². The second-order valence-corrected chi connectivity index (χ2v) is 6.10. The normalized spacial score (nSPS) is 24.3. The smallest absolute Gasteiger partial charge is 0.191 e. The molecule has 122 valence electrons. The van der Waals surface area contributed by atoms with Gasteiger partial charge in [0.05, 0.1) is 19.3 Å². The molecule has 23 heavy (non-hydrogen) atoms. The number of halogens is 1. The molecule has 2 aromatic carbocycles. The second kappa shape index (κ2) is 7.05. The highest BCUT2D eigenvalue weighted by Gasteiger charge is 2.39. The summed E-state index contributed by atoms with van der Waals surface area (Å²) in [6, 6.07) is 15.5. The Kier molecular flexibility index (Phi) is 5.06. The van der Waals surface area contributed by atoms with Crippen LogP contribution in [0.25, 0.3) is 10.8 Å². The molecule has 4 nitrogen and oxygen atoms in total. The largest absolute Gasteiger partial charge is 0.378 e. The van der Waals surface area contributed by atoms with Gasteiger partial charge in [0.25, 0.3) is 0 Å². The third-order valence-electron chi connectivity index (χ3n) is 4.59. The van der Waals surface area contributed by atoms with Crippen molar-refractivity contribution in [2.75, 3.05) is 26.3 Å². The number of benzene rings is 2. The zero-order valence-corrected chi connectivity index (χ0v) is 15.4. The molecule has 2 fully saturated rings. The highest BCUT2D eigenvalue weighted by Crippen LogP contribution is 2.44. The molecule has 2 N–H and O–H groups in total. The summed E-state index contributed by atoms with van der Waals surface area (Å²) in [5, 5.41) is 2.59. The molecule has 1 saturated carbocycles. The van der Waals surface area contributed by atoms with Gasteiger partial charge in [-0.25, -0.2) is 4.99 Å². The van der Waals surface area contributed by atoms with Gasteiger partial charge in [0.1, 0.15) is 0 Å². The van der Waals surface area contributed by atoms with Gasteiger partial charge in [-0.05, 0) is 22.8 Å². The van der Waals surface area contributed by atoms with Gasteiger partial charge in [0.2, 0.25) is 0 Å². The Hall–Kier alpha value is -1.34. The molecule has 5 heteroatoms. The van der Waals surface area contributed by atoms with Crippen LogP contribution in [0.3, 0.4) is 0 Å². The molecule has 0 bridgehead atoms. The molecule has 4 rings (SSSR count). The van der Waals surface area contributed by atoms with E-state index in [4.69, 9.17) is 15.5 Å². The third-order valence-corrected chi connectivity index (χ3v) is 4.59. The van der Waals surface area contributed by atoms with Gasteiger partial charge in [0.15, 0.2) is 5.96 Å². The van der Waals surface area contributed by atoms with Crippen molar-refractivity contribution >= 4 is 40.7 Å². The lowest BCUT2D eigenvalue weighted by Crippen LogP contribution is -2.45. The van der Waals surface area contributed by atoms with E-state index in [1.807, 2.05) is 0 Å². The first-order chi connectivity index (χ1) is 10.8. The third kappa shape index (κ3) is 3.61. The predicted octanol–water partition coefficient (Wildman–Crippen LogP) is 2.96. The summed E-state index contributed by atoms with van der Waals surface area (Å²) in [4.78, 5) is 6.84. The maximum Gasteiger partial charge on any atom is 0.191 e. The zero-order valence-electron chi connectivity index (χ0n) is 13.0. The van der Waals surface area contributed by atoms with Crippen LogP contribution in [0.1, 0.15) is 17.9 Å². The second-order valence-electron chi connectivity index (χ2n) is 6.10. The van der Waals surface area contributed by atoms with Crippen LogP contribution in [0.4, 0.5) is 0 Å². The Morgan fingerprint density at radius 1 is 1.09 bits per heavy atom. The lowest BCUT2D eigenvalue weighted by atomic mass is 10.0. The summed E-state index contributed by atoms with van der Waals surface area (Å²) in [7, 11) is 0. The molecule has 1 aliphatic heterocycles. The standard InChI is InChI=1S/C18H21N3O.HI/c19-18(21-7-9-22-10-8-21)20-17-12-16(17)15-6-5-13-3-1-2-4-14(13)11-15;/h1-6,11,16-17H,7-10,12H2,(H2,19,20);1H/t16-,17+;/m0./s1. The van der Waals surface area contributed by atoms with Crippen molar-refractivity contribution in [3.05, 3.63) is 48.0 Å². The number of nitrogens with zero attached hydrogens (tertiary/aromatic N) is 2. The van der Waals surface area contributed by atoms with Crippen molar-refractivity contribution in [2.24, 2.45) is 10.7 Å². The van der Waals surface area contributed by atoms with Gasteiger partial charge in [-0.15, -0.1) is 24.0 Å².